The Morgan fingerprint density at radius 2 is 2.05 bits per heavy atom. The molecule has 7 nitrogen and oxygen atoms in total. The second-order valence-electron chi connectivity index (χ2n) is 6.07. The van der Waals surface area contributed by atoms with E-state index in [1.807, 2.05) is 25.5 Å². The van der Waals surface area contributed by atoms with E-state index < -0.39 is 0 Å². The lowest BCUT2D eigenvalue weighted by atomic mass is 9.98. The van der Waals surface area contributed by atoms with Crippen LogP contribution in [0.4, 0.5) is 0 Å². The number of likely N-dealkylation sites (tertiary alicyclic amines) is 1. The zero-order valence-corrected chi connectivity index (χ0v) is 13.6. The van der Waals surface area contributed by atoms with E-state index in [0.29, 0.717) is 5.92 Å². The largest absolute Gasteiger partial charge is 0.424 e. The maximum atomic E-state index is 5.62. The fourth-order valence-electron chi connectivity index (χ4n) is 3.11. The highest BCUT2D eigenvalue weighted by molar-refractivity contribution is 4.89. The molecule has 0 radical (unpaired) electrons. The molecule has 0 spiro atoms. The van der Waals surface area contributed by atoms with Crippen molar-refractivity contribution in [2.75, 3.05) is 13.1 Å². The zero-order chi connectivity index (χ0) is 15.5. The van der Waals surface area contributed by atoms with Crippen LogP contribution in [0.1, 0.15) is 43.2 Å². The molecule has 0 amide bonds. The van der Waals surface area contributed by atoms with Crippen molar-refractivity contribution in [3.63, 3.8) is 0 Å². The first-order valence-electron chi connectivity index (χ1n) is 8.05. The van der Waals surface area contributed by atoms with Crippen LogP contribution in [0.25, 0.3) is 0 Å². The van der Waals surface area contributed by atoms with E-state index in [2.05, 4.69) is 25.2 Å². The highest BCUT2D eigenvalue weighted by atomic mass is 16.4. The van der Waals surface area contributed by atoms with Crippen molar-refractivity contribution in [1.82, 2.24) is 29.9 Å². The van der Waals surface area contributed by atoms with Crippen LogP contribution in [-0.2, 0) is 19.5 Å². The van der Waals surface area contributed by atoms with E-state index in [4.69, 9.17) is 4.42 Å². The van der Waals surface area contributed by atoms with Gasteiger partial charge < -0.3 is 4.42 Å². The Kier molecular flexibility index (Phi) is 4.52. The Morgan fingerprint density at radius 3 is 2.73 bits per heavy atom. The van der Waals surface area contributed by atoms with Gasteiger partial charge in [-0.2, -0.15) is 5.10 Å². The Hall–Kier alpha value is -1.76. The third-order valence-corrected chi connectivity index (χ3v) is 4.17. The third-order valence-electron chi connectivity index (χ3n) is 4.17. The van der Waals surface area contributed by atoms with Gasteiger partial charge in [0.05, 0.1) is 6.54 Å². The molecule has 3 rings (SSSR count). The maximum absolute atomic E-state index is 5.62. The fraction of sp³-hybridized carbons (Fsp3) is 0.733. The van der Waals surface area contributed by atoms with E-state index in [0.717, 1.165) is 56.0 Å². The number of nitrogens with zero attached hydrogens (tertiary/aromatic N) is 6. The van der Waals surface area contributed by atoms with Crippen molar-refractivity contribution in [1.29, 1.82) is 0 Å². The minimum atomic E-state index is 0.599. The second kappa shape index (κ2) is 6.56. The van der Waals surface area contributed by atoms with E-state index in [9.17, 15) is 0 Å². The maximum Gasteiger partial charge on any atom is 0.230 e. The molecule has 1 atom stereocenters. The van der Waals surface area contributed by atoms with Crippen molar-refractivity contribution in [2.45, 2.75) is 53.1 Å². The molecule has 0 saturated carbocycles. The molecule has 0 unspecified atom stereocenters. The smallest absolute Gasteiger partial charge is 0.230 e. The molecule has 0 aromatic carbocycles. The first kappa shape index (κ1) is 15.1. The number of aryl methyl sites for hydroxylation is 3. The SMILES string of the molecule is CCc1nnc(CN2CCC[C@@H](Cn3nc(C)nc3C)C2)o1. The predicted octanol–water partition coefficient (Wildman–Crippen LogP) is 1.75. The van der Waals surface area contributed by atoms with Gasteiger partial charge in [0.25, 0.3) is 0 Å². The molecule has 7 heteroatoms. The van der Waals surface area contributed by atoms with Crippen molar-refractivity contribution in [3.8, 4) is 0 Å². The van der Waals surface area contributed by atoms with Gasteiger partial charge in [0.2, 0.25) is 11.8 Å². The van der Waals surface area contributed by atoms with Gasteiger partial charge in [-0.25, -0.2) is 9.67 Å². The monoisotopic (exact) mass is 304 g/mol. The first-order chi connectivity index (χ1) is 10.6. The minimum absolute atomic E-state index is 0.599. The summed E-state index contributed by atoms with van der Waals surface area (Å²) >= 11 is 0. The van der Waals surface area contributed by atoms with Gasteiger partial charge in [-0.15, -0.1) is 10.2 Å². The van der Waals surface area contributed by atoms with Crippen molar-refractivity contribution >= 4 is 0 Å². The molecule has 2 aromatic heterocycles. The molecular weight excluding hydrogens is 280 g/mol. The molecule has 1 aliphatic rings. The van der Waals surface area contributed by atoms with Gasteiger partial charge in [0.15, 0.2) is 0 Å². The van der Waals surface area contributed by atoms with Gasteiger partial charge in [-0.05, 0) is 39.2 Å². The number of rotatable bonds is 5. The summed E-state index contributed by atoms with van der Waals surface area (Å²) in [6.07, 6.45) is 3.23. The Labute approximate surface area is 130 Å². The van der Waals surface area contributed by atoms with Crippen LogP contribution in [0, 0.1) is 19.8 Å². The highest BCUT2D eigenvalue weighted by Crippen LogP contribution is 2.20. The molecule has 3 heterocycles. The summed E-state index contributed by atoms with van der Waals surface area (Å²) in [6.45, 7) is 9.81. The van der Waals surface area contributed by atoms with Crippen LogP contribution >= 0.6 is 0 Å². The van der Waals surface area contributed by atoms with Crippen molar-refractivity contribution < 1.29 is 4.42 Å². The van der Waals surface area contributed by atoms with E-state index >= 15 is 0 Å². The lowest BCUT2D eigenvalue weighted by Crippen LogP contribution is -2.37. The standard InChI is InChI=1S/C15H24N6O/c1-4-14-17-18-15(22-14)10-20-7-5-6-13(8-20)9-21-12(3)16-11(2)19-21/h13H,4-10H2,1-3H3/t13-/m1/s1. The summed E-state index contributed by atoms with van der Waals surface area (Å²) in [7, 11) is 0. The van der Waals surface area contributed by atoms with Crippen molar-refractivity contribution in [3.05, 3.63) is 23.4 Å². The van der Waals surface area contributed by atoms with Crippen LogP contribution < -0.4 is 0 Å². The number of aromatic nitrogens is 5. The summed E-state index contributed by atoms with van der Waals surface area (Å²) in [5, 5.41) is 12.6. The van der Waals surface area contributed by atoms with E-state index in [-0.39, 0.29) is 0 Å². The second-order valence-corrected chi connectivity index (χ2v) is 6.07. The average molecular weight is 304 g/mol. The molecule has 0 bridgehead atoms. The van der Waals surface area contributed by atoms with Crippen LogP contribution in [0.5, 0.6) is 0 Å². The van der Waals surface area contributed by atoms with E-state index in [1.165, 1.54) is 12.8 Å². The molecule has 0 N–H and O–H groups in total. The highest BCUT2D eigenvalue weighted by Gasteiger charge is 2.22. The molecule has 1 fully saturated rings. The lowest BCUT2D eigenvalue weighted by Gasteiger charge is -2.31. The zero-order valence-electron chi connectivity index (χ0n) is 13.6. The number of hydrogen-bond acceptors (Lipinski definition) is 6. The average Bonchev–Trinajstić information content (AvgIpc) is 3.06. The van der Waals surface area contributed by atoms with Crippen LogP contribution in [0.15, 0.2) is 4.42 Å². The van der Waals surface area contributed by atoms with Gasteiger partial charge in [-0.1, -0.05) is 6.92 Å². The molecule has 1 saturated heterocycles. The third kappa shape index (κ3) is 3.52. The Morgan fingerprint density at radius 1 is 1.23 bits per heavy atom. The van der Waals surface area contributed by atoms with Crippen molar-refractivity contribution in [2.24, 2.45) is 5.92 Å². The molecule has 1 aliphatic heterocycles. The first-order valence-corrected chi connectivity index (χ1v) is 8.05. The number of piperidine rings is 1. The van der Waals surface area contributed by atoms with Gasteiger partial charge in [0, 0.05) is 19.5 Å². The van der Waals surface area contributed by atoms with Gasteiger partial charge in [0.1, 0.15) is 11.6 Å². The number of hydrogen-bond donors (Lipinski definition) is 0. The summed E-state index contributed by atoms with van der Waals surface area (Å²) in [5.41, 5.74) is 0. The quantitative estimate of drug-likeness (QED) is 0.838. The molecule has 2 aromatic rings. The lowest BCUT2D eigenvalue weighted by molar-refractivity contribution is 0.141. The fourth-order valence-corrected chi connectivity index (χ4v) is 3.11. The normalized spacial score (nSPS) is 19.7. The molecule has 0 aliphatic carbocycles. The van der Waals surface area contributed by atoms with Gasteiger partial charge in [-0.3, -0.25) is 4.90 Å². The topological polar surface area (TPSA) is 72.9 Å². The summed E-state index contributed by atoms with van der Waals surface area (Å²) in [5.74, 6) is 3.90. The van der Waals surface area contributed by atoms with Gasteiger partial charge >= 0.3 is 0 Å². The predicted molar refractivity (Wildman–Crippen MR) is 81.2 cm³/mol. The molecule has 22 heavy (non-hydrogen) atoms. The van der Waals surface area contributed by atoms with Crippen LogP contribution in [-0.4, -0.2) is 43.0 Å². The van der Waals surface area contributed by atoms with E-state index in [1.54, 1.807) is 0 Å². The van der Waals surface area contributed by atoms with Crippen LogP contribution in [0.2, 0.25) is 0 Å². The van der Waals surface area contributed by atoms with Crippen LogP contribution in [0.3, 0.4) is 0 Å². The molecule has 120 valence electrons. The summed E-state index contributed by atoms with van der Waals surface area (Å²) in [6, 6.07) is 0. The Balaban J connectivity index is 1.58. The summed E-state index contributed by atoms with van der Waals surface area (Å²) < 4.78 is 7.65. The summed E-state index contributed by atoms with van der Waals surface area (Å²) in [4.78, 5) is 6.78. The Bertz CT molecular complexity index is 619. The minimum Gasteiger partial charge on any atom is -0.424 e. The molecular formula is C15H24N6O.